The predicted octanol–water partition coefficient (Wildman–Crippen LogP) is 2.59. The first-order chi connectivity index (χ1) is 12.4. The Morgan fingerprint density at radius 2 is 2.00 bits per heavy atom. The molecule has 1 saturated heterocycles. The molecule has 2 aliphatic rings. The molecule has 26 heavy (non-hydrogen) atoms. The SMILES string of the molecule is COc1ccc(C)cc1NC(=O)CCN1C(=O)NC2(CCCCC2)C1=O. The number of nitrogens with one attached hydrogen (secondary N) is 2. The number of hydrogen-bond donors (Lipinski definition) is 2. The van der Waals surface area contributed by atoms with E-state index >= 15 is 0 Å². The fourth-order valence-electron chi connectivity index (χ4n) is 3.72. The van der Waals surface area contributed by atoms with Gasteiger partial charge in [0.25, 0.3) is 5.91 Å². The van der Waals surface area contributed by atoms with E-state index in [9.17, 15) is 14.4 Å². The summed E-state index contributed by atoms with van der Waals surface area (Å²) in [6, 6.07) is 5.11. The average molecular weight is 359 g/mol. The normalized spacial score (nSPS) is 18.8. The Labute approximate surface area is 153 Å². The second-order valence-electron chi connectivity index (χ2n) is 7.03. The highest BCUT2D eigenvalue weighted by molar-refractivity contribution is 6.07. The summed E-state index contributed by atoms with van der Waals surface area (Å²) in [6.07, 6.45) is 4.38. The van der Waals surface area contributed by atoms with Crippen LogP contribution in [-0.4, -0.2) is 41.9 Å². The molecule has 0 aromatic heterocycles. The molecule has 1 spiro atoms. The van der Waals surface area contributed by atoms with Gasteiger partial charge in [0.1, 0.15) is 11.3 Å². The zero-order chi connectivity index (χ0) is 18.7. The lowest BCUT2D eigenvalue weighted by molar-refractivity contribution is -0.132. The van der Waals surface area contributed by atoms with Crippen molar-refractivity contribution in [3.05, 3.63) is 23.8 Å². The van der Waals surface area contributed by atoms with Crippen LogP contribution in [0.1, 0.15) is 44.1 Å². The molecule has 0 atom stereocenters. The number of hydrogen-bond acceptors (Lipinski definition) is 4. The van der Waals surface area contributed by atoms with E-state index < -0.39 is 11.6 Å². The number of aryl methyl sites for hydroxylation is 1. The van der Waals surface area contributed by atoms with Crippen molar-refractivity contribution in [1.29, 1.82) is 0 Å². The summed E-state index contributed by atoms with van der Waals surface area (Å²) >= 11 is 0. The van der Waals surface area contributed by atoms with E-state index in [1.165, 1.54) is 12.0 Å². The first kappa shape index (κ1) is 18.2. The predicted molar refractivity (Wildman–Crippen MR) is 97.0 cm³/mol. The molecule has 4 amide bonds. The maximum Gasteiger partial charge on any atom is 0.325 e. The molecule has 2 N–H and O–H groups in total. The average Bonchev–Trinajstić information content (AvgIpc) is 2.84. The van der Waals surface area contributed by atoms with Gasteiger partial charge in [-0.3, -0.25) is 14.5 Å². The zero-order valence-electron chi connectivity index (χ0n) is 15.3. The van der Waals surface area contributed by atoms with Crippen LogP contribution in [-0.2, 0) is 9.59 Å². The molecule has 0 radical (unpaired) electrons. The molecular weight excluding hydrogens is 334 g/mol. The monoisotopic (exact) mass is 359 g/mol. The highest BCUT2D eigenvalue weighted by Gasteiger charge is 2.51. The van der Waals surface area contributed by atoms with E-state index in [4.69, 9.17) is 4.74 Å². The number of nitrogens with zero attached hydrogens (tertiary/aromatic N) is 1. The third kappa shape index (κ3) is 3.52. The topological polar surface area (TPSA) is 87.7 Å². The molecule has 1 aliphatic carbocycles. The molecule has 0 unspecified atom stereocenters. The number of amides is 4. The standard InChI is InChI=1S/C19H25N3O4/c1-13-6-7-15(26-2)14(12-13)20-16(23)8-11-22-17(24)19(21-18(22)25)9-4-3-5-10-19/h6-7,12H,3-5,8-11H2,1-2H3,(H,20,23)(H,21,25). The quantitative estimate of drug-likeness (QED) is 0.791. The van der Waals surface area contributed by atoms with Crippen LogP contribution in [0.5, 0.6) is 5.75 Å². The number of carbonyl (C=O) groups excluding carboxylic acids is 3. The minimum atomic E-state index is -0.744. The van der Waals surface area contributed by atoms with Crippen molar-refractivity contribution < 1.29 is 19.1 Å². The Kier molecular flexibility index (Phi) is 5.15. The zero-order valence-corrected chi connectivity index (χ0v) is 15.3. The Balaban J connectivity index is 1.60. The number of rotatable bonds is 5. The van der Waals surface area contributed by atoms with Crippen molar-refractivity contribution in [3.63, 3.8) is 0 Å². The second-order valence-corrected chi connectivity index (χ2v) is 7.03. The molecule has 1 saturated carbocycles. The van der Waals surface area contributed by atoms with Gasteiger partial charge < -0.3 is 15.4 Å². The number of imide groups is 1. The van der Waals surface area contributed by atoms with Crippen LogP contribution in [0.15, 0.2) is 18.2 Å². The summed E-state index contributed by atoms with van der Waals surface area (Å²) in [7, 11) is 1.54. The Hall–Kier alpha value is -2.57. The summed E-state index contributed by atoms with van der Waals surface area (Å²) in [5.74, 6) is 0.113. The van der Waals surface area contributed by atoms with Crippen LogP contribution in [0.25, 0.3) is 0 Å². The highest BCUT2D eigenvalue weighted by atomic mass is 16.5. The van der Waals surface area contributed by atoms with E-state index in [1.54, 1.807) is 6.07 Å². The number of anilines is 1. The van der Waals surface area contributed by atoms with Gasteiger partial charge in [-0.25, -0.2) is 4.79 Å². The van der Waals surface area contributed by atoms with E-state index in [2.05, 4.69) is 10.6 Å². The maximum absolute atomic E-state index is 12.7. The van der Waals surface area contributed by atoms with Gasteiger partial charge in [0, 0.05) is 13.0 Å². The molecule has 1 aromatic rings. The van der Waals surface area contributed by atoms with Crippen molar-refractivity contribution in [3.8, 4) is 5.75 Å². The lowest BCUT2D eigenvalue weighted by Gasteiger charge is -2.30. The number of ether oxygens (including phenoxy) is 1. The lowest BCUT2D eigenvalue weighted by atomic mass is 9.82. The molecule has 1 aromatic carbocycles. The Morgan fingerprint density at radius 1 is 1.27 bits per heavy atom. The highest BCUT2D eigenvalue weighted by Crippen LogP contribution is 2.33. The molecule has 2 fully saturated rings. The van der Waals surface area contributed by atoms with Gasteiger partial charge in [0.05, 0.1) is 12.8 Å². The van der Waals surface area contributed by atoms with Gasteiger partial charge in [0.2, 0.25) is 5.91 Å². The van der Waals surface area contributed by atoms with Crippen molar-refractivity contribution in [2.75, 3.05) is 19.0 Å². The van der Waals surface area contributed by atoms with Crippen LogP contribution >= 0.6 is 0 Å². The fraction of sp³-hybridized carbons (Fsp3) is 0.526. The van der Waals surface area contributed by atoms with E-state index in [-0.39, 0.29) is 24.8 Å². The smallest absolute Gasteiger partial charge is 0.325 e. The largest absolute Gasteiger partial charge is 0.495 e. The molecular formula is C19H25N3O4. The van der Waals surface area contributed by atoms with Crippen molar-refractivity contribution in [2.24, 2.45) is 0 Å². The van der Waals surface area contributed by atoms with Crippen LogP contribution < -0.4 is 15.4 Å². The van der Waals surface area contributed by atoms with Gasteiger partial charge >= 0.3 is 6.03 Å². The Morgan fingerprint density at radius 3 is 2.69 bits per heavy atom. The first-order valence-corrected chi connectivity index (χ1v) is 9.04. The minimum absolute atomic E-state index is 0.0480. The van der Waals surface area contributed by atoms with Crippen LogP contribution in [0.2, 0.25) is 0 Å². The molecule has 1 aliphatic heterocycles. The van der Waals surface area contributed by atoms with Crippen molar-refractivity contribution >= 4 is 23.5 Å². The molecule has 3 rings (SSSR count). The van der Waals surface area contributed by atoms with E-state index in [0.717, 1.165) is 24.8 Å². The third-order valence-electron chi connectivity index (χ3n) is 5.14. The molecule has 7 nitrogen and oxygen atoms in total. The molecule has 7 heteroatoms. The second kappa shape index (κ2) is 7.35. The summed E-state index contributed by atoms with van der Waals surface area (Å²) in [5, 5.41) is 5.65. The number of carbonyl (C=O) groups is 3. The van der Waals surface area contributed by atoms with Gasteiger partial charge in [-0.15, -0.1) is 0 Å². The summed E-state index contributed by atoms with van der Waals surface area (Å²) < 4.78 is 5.25. The van der Waals surface area contributed by atoms with Gasteiger partial charge in [-0.1, -0.05) is 25.3 Å². The van der Waals surface area contributed by atoms with Crippen LogP contribution in [0, 0.1) is 6.92 Å². The summed E-state index contributed by atoms with van der Waals surface area (Å²) in [5.41, 5.74) is 0.832. The third-order valence-corrected chi connectivity index (χ3v) is 5.14. The fourth-order valence-corrected chi connectivity index (χ4v) is 3.72. The van der Waals surface area contributed by atoms with Crippen molar-refractivity contribution in [2.45, 2.75) is 51.0 Å². The summed E-state index contributed by atoms with van der Waals surface area (Å²) in [6.45, 7) is 2.00. The van der Waals surface area contributed by atoms with E-state index in [0.29, 0.717) is 24.3 Å². The van der Waals surface area contributed by atoms with Crippen LogP contribution in [0.3, 0.4) is 0 Å². The van der Waals surface area contributed by atoms with Crippen LogP contribution in [0.4, 0.5) is 10.5 Å². The van der Waals surface area contributed by atoms with Gasteiger partial charge in [0.15, 0.2) is 0 Å². The molecule has 140 valence electrons. The molecule has 1 heterocycles. The van der Waals surface area contributed by atoms with Gasteiger partial charge in [-0.05, 0) is 37.5 Å². The first-order valence-electron chi connectivity index (χ1n) is 9.04. The number of urea groups is 1. The maximum atomic E-state index is 12.7. The molecule has 0 bridgehead atoms. The van der Waals surface area contributed by atoms with Gasteiger partial charge in [-0.2, -0.15) is 0 Å². The van der Waals surface area contributed by atoms with Crippen molar-refractivity contribution in [1.82, 2.24) is 10.2 Å². The lowest BCUT2D eigenvalue weighted by Crippen LogP contribution is -2.48. The van der Waals surface area contributed by atoms with E-state index in [1.807, 2.05) is 19.1 Å². The number of methoxy groups -OCH3 is 1. The number of benzene rings is 1. The minimum Gasteiger partial charge on any atom is -0.495 e. The Bertz CT molecular complexity index is 725. The summed E-state index contributed by atoms with van der Waals surface area (Å²) in [4.78, 5) is 38.4.